The fourth-order valence-electron chi connectivity index (χ4n) is 1.95. The second-order valence-corrected chi connectivity index (χ2v) is 5.12. The zero-order chi connectivity index (χ0) is 18.0. The maximum atomic E-state index is 12.4. The molecule has 24 heavy (non-hydrogen) atoms. The van der Waals surface area contributed by atoms with Crippen LogP contribution in [0.25, 0.3) is 0 Å². The van der Waals surface area contributed by atoms with E-state index in [0.717, 1.165) is 12.8 Å². The topological polar surface area (TPSA) is 64.6 Å². The van der Waals surface area contributed by atoms with E-state index >= 15 is 0 Å². The molecule has 1 aromatic carbocycles. The highest BCUT2D eigenvalue weighted by atomic mass is 19.4. The van der Waals surface area contributed by atoms with Crippen LogP contribution in [0.1, 0.15) is 49.4 Å². The minimum Gasteiger partial charge on any atom is -0.338 e. The van der Waals surface area contributed by atoms with E-state index in [0.29, 0.717) is 12.8 Å². The molecule has 1 aromatic rings. The highest BCUT2D eigenvalue weighted by Gasteiger charge is 2.37. The Labute approximate surface area is 138 Å². The van der Waals surface area contributed by atoms with Gasteiger partial charge in [0, 0.05) is 5.56 Å². The third-order valence-corrected chi connectivity index (χ3v) is 3.14. The molecule has 0 bridgehead atoms. The van der Waals surface area contributed by atoms with E-state index in [2.05, 4.69) is 9.57 Å². The van der Waals surface area contributed by atoms with Gasteiger partial charge in [-0.2, -0.15) is 5.48 Å². The van der Waals surface area contributed by atoms with Gasteiger partial charge in [-0.3, -0.25) is 9.53 Å². The highest BCUT2D eigenvalue weighted by molar-refractivity contribution is 5.94. The molecule has 0 aromatic heterocycles. The van der Waals surface area contributed by atoms with Crippen LogP contribution in [0.3, 0.4) is 0 Å². The average Bonchev–Trinajstić information content (AvgIpc) is 2.55. The molecule has 1 rings (SSSR count). The number of alkyl halides is 3. The van der Waals surface area contributed by atoms with Crippen LogP contribution in [-0.2, 0) is 14.4 Å². The van der Waals surface area contributed by atoms with E-state index in [1.54, 1.807) is 18.2 Å². The van der Waals surface area contributed by atoms with Gasteiger partial charge in [-0.05, 0) is 18.6 Å². The summed E-state index contributed by atoms with van der Waals surface area (Å²) in [6.45, 7) is 1.96. The predicted molar refractivity (Wildman–Crippen MR) is 79.7 cm³/mol. The smallest absolute Gasteiger partial charge is 0.338 e. The number of hydrogen-bond donors (Lipinski definition) is 1. The van der Waals surface area contributed by atoms with E-state index in [-0.39, 0.29) is 12.0 Å². The van der Waals surface area contributed by atoms with Crippen LogP contribution < -0.4 is 5.48 Å². The molecule has 1 amide bonds. The molecule has 0 saturated heterocycles. The molecule has 5 nitrogen and oxygen atoms in total. The van der Waals surface area contributed by atoms with Crippen LogP contribution in [-0.4, -0.2) is 24.3 Å². The summed E-state index contributed by atoms with van der Waals surface area (Å²) in [7, 11) is 0. The van der Waals surface area contributed by atoms with Crippen molar-refractivity contribution >= 4 is 11.9 Å². The third kappa shape index (κ3) is 7.96. The number of carbonyl (C=O) groups is 2. The molecule has 0 aliphatic rings. The van der Waals surface area contributed by atoms with Gasteiger partial charge in [0.05, 0.1) is 0 Å². The monoisotopic (exact) mass is 347 g/mol. The first-order valence-corrected chi connectivity index (χ1v) is 7.64. The minimum atomic E-state index is -4.96. The van der Waals surface area contributed by atoms with Gasteiger partial charge < -0.3 is 4.84 Å². The van der Waals surface area contributed by atoms with Gasteiger partial charge >= 0.3 is 12.3 Å². The molecule has 1 N–H and O–H groups in total. The van der Waals surface area contributed by atoms with E-state index in [4.69, 9.17) is 0 Å². The van der Waals surface area contributed by atoms with Gasteiger partial charge in [0.2, 0.25) is 0 Å². The largest absolute Gasteiger partial charge is 0.523 e. The van der Waals surface area contributed by atoms with Crippen LogP contribution in [0.2, 0.25) is 0 Å². The van der Waals surface area contributed by atoms with E-state index in [1.165, 1.54) is 12.1 Å². The Morgan fingerprint density at radius 2 is 1.79 bits per heavy atom. The SMILES string of the molecule is CCCCCCC(OC(F)(F)F)C(=O)ONC(=O)c1ccccc1. The lowest BCUT2D eigenvalue weighted by atomic mass is 10.1. The number of carbonyl (C=O) groups excluding carboxylic acids is 2. The molecule has 0 aliphatic heterocycles. The molecule has 0 fully saturated rings. The zero-order valence-corrected chi connectivity index (χ0v) is 13.3. The molecule has 0 radical (unpaired) electrons. The molecule has 8 heteroatoms. The maximum absolute atomic E-state index is 12.4. The summed E-state index contributed by atoms with van der Waals surface area (Å²) in [5.74, 6) is -2.02. The molecular formula is C16H20F3NO4. The van der Waals surface area contributed by atoms with Crippen molar-refractivity contribution in [2.45, 2.75) is 51.5 Å². The Hall–Kier alpha value is -2.09. The Balaban J connectivity index is 2.54. The first-order valence-electron chi connectivity index (χ1n) is 7.64. The summed E-state index contributed by atoms with van der Waals surface area (Å²) in [6, 6.07) is 7.82. The van der Waals surface area contributed by atoms with Crippen LogP contribution >= 0.6 is 0 Å². The Morgan fingerprint density at radius 1 is 1.12 bits per heavy atom. The number of halogens is 3. The first-order chi connectivity index (χ1) is 11.3. The van der Waals surface area contributed by atoms with Crippen LogP contribution in [0, 0.1) is 0 Å². The number of nitrogens with one attached hydrogen (secondary N) is 1. The van der Waals surface area contributed by atoms with Crippen LogP contribution in [0.15, 0.2) is 30.3 Å². The second kappa shape index (κ2) is 9.92. The standard InChI is InChI=1S/C16H20F3NO4/c1-2-3-4-8-11-13(23-16(17,18)19)15(22)24-20-14(21)12-9-6-5-7-10-12/h5-7,9-10,13H,2-4,8,11H2,1H3,(H,20,21). The van der Waals surface area contributed by atoms with Crippen molar-refractivity contribution in [3.63, 3.8) is 0 Å². The van der Waals surface area contributed by atoms with Crippen molar-refractivity contribution in [3.8, 4) is 0 Å². The molecular weight excluding hydrogens is 327 g/mol. The van der Waals surface area contributed by atoms with Crippen molar-refractivity contribution < 1.29 is 32.3 Å². The fourth-order valence-corrected chi connectivity index (χ4v) is 1.95. The molecule has 1 atom stereocenters. The summed E-state index contributed by atoms with van der Waals surface area (Å²) in [6.07, 6.45) is -4.09. The second-order valence-electron chi connectivity index (χ2n) is 5.12. The van der Waals surface area contributed by atoms with Crippen LogP contribution in [0.5, 0.6) is 0 Å². The van der Waals surface area contributed by atoms with E-state index < -0.39 is 24.3 Å². The fraction of sp³-hybridized carbons (Fsp3) is 0.500. The molecule has 0 aliphatic carbocycles. The van der Waals surface area contributed by atoms with Gasteiger partial charge in [-0.1, -0.05) is 50.8 Å². The molecule has 0 heterocycles. The number of hydroxylamine groups is 1. The first kappa shape index (κ1) is 20.0. The van der Waals surface area contributed by atoms with E-state index in [9.17, 15) is 22.8 Å². The quantitative estimate of drug-likeness (QED) is 0.575. The van der Waals surface area contributed by atoms with Crippen LogP contribution in [0.4, 0.5) is 13.2 Å². The number of amides is 1. The summed E-state index contributed by atoms with van der Waals surface area (Å²) in [4.78, 5) is 27.9. The number of unbranched alkanes of at least 4 members (excludes halogenated alkanes) is 3. The van der Waals surface area contributed by atoms with Gasteiger partial charge in [-0.25, -0.2) is 4.79 Å². The molecule has 134 valence electrons. The summed E-state index contributed by atoms with van der Waals surface area (Å²) >= 11 is 0. The van der Waals surface area contributed by atoms with Gasteiger partial charge in [-0.15, -0.1) is 13.2 Å². The maximum Gasteiger partial charge on any atom is 0.523 e. The summed E-state index contributed by atoms with van der Waals surface area (Å²) in [5, 5.41) is 0. The highest BCUT2D eigenvalue weighted by Crippen LogP contribution is 2.22. The van der Waals surface area contributed by atoms with Gasteiger partial charge in [0.25, 0.3) is 5.91 Å². The predicted octanol–water partition coefficient (Wildman–Crippen LogP) is 3.75. The summed E-state index contributed by atoms with van der Waals surface area (Å²) < 4.78 is 41.0. The number of hydrogen-bond acceptors (Lipinski definition) is 4. The van der Waals surface area contributed by atoms with Crippen molar-refractivity contribution in [1.29, 1.82) is 0 Å². The Bertz CT molecular complexity index is 520. The molecule has 1 unspecified atom stereocenters. The van der Waals surface area contributed by atoms with Crippen molar-refractivity contribution in [2.75, 3.05) is 0 Å². The lowest BCUT2D eigenvalue weighted by Gasteiger charge is -2.17. The van der Waals surface area contributed by atoms with Gasteiger partial charge in [0.1, 0.15) is 0 Å². The van der Waals surface area contributed by atoms with Crippen molar-refractivity contribution in [2.24, 2.45) is 0 Å². The molecule has 0 saturated carbocycles. The number of ether oxygens (including phenoxy) is 1. The Morgan fingerprint density at radius 3 is 2.38 bits per heavy atom. The lowest BCUT2D eigenvalue weighted by Crippen LogP contribution is -2.37. The Kier molecular flexibility index (Phi) is 8.25. The normalized spacial score (nSPS) is 12.5. The average molecular weight is 347 g/mol. The molecule has 0 spiro atoms. The number of benzene rings is 1. The number of rotatable bonds is 8. The summed E-state index contributed by atoms with van der Waals surface area (Å²) in [5.41, 5.74) is 2.04. The third-order valence-electron chi connectivity index (χ3n) is 3.14. The van der Waals surface area contributed by atoms with Crippen molar-refractivity contribution in [1.82, 2.24) is 5.48 Å². The van der Waals surface area contributed by atoms with Crippen molar-refractivity contribution in [3.05, 3.63) is 35.9 Å². The zero-order valence-electron chi connectivity index (χ0n) is 13.3. The van der Waals surface area contributed by atoms with E-state index in [1.807, 2.05) is 12.4 Å². The minimum absolute atomic E-state index is 0.139. The lowest BCUT2D eigenvalue weighted by molar-refractivity contribution is -0.341. The van der Waals surface area contributed by atoms with Gasteiger partial charge in [0.15, 0.2) is 6.10 Å².